The number of carbonyl (C=O) groups excluding carboxylic acids is 1. The van der Waals surface area contributed by atoms with E-state index in [-0.39, 0.29) is 11.6 Å². The van der Waals surface area contributed by atoms with Crippen molar-refractivity contribution in [2.45, 2.75) is 6.92 Å². The molecule has 1 amide bonds. The van der Waals surface area contributed by atoms with E-state index in [1.54, 1.807) is 29.9 Å². The molecule has 3 rings (SSSR count). The Bertz CT molecular complexity index is 897. The lowest BCUT2D eigenvalue weighted by molar-refractivity contribution is -0.384. The highest BCUT2D eigenvalue weighted by Gasteiger charge is 2.14. The van der Waals surface area contributed by atoms with Gasteiger partial charge in [-0.3, -0.25) is 19.6 Å². The van der Waals surface area contributed by atoms with Crippen LogP contribution in [0.5, 0.6) is 0 Å². The van der Waals surface area contributed by atoms with E-state index in [9.17, 15) is 14.9 Å². The van der Waals surface area contributed by atoms with Crippen LogP contribution in [-0.4, -0.2) is 20.6 Å². The molecule has 0 aliphatic carbocycles. The molecule has 22 heavy (non-hydrogen) atoms. The van der Waals surface area contributed by atoms with Crippen molar-refractivity contribution < 1.29 is 9.72 Å². The third kappa shape index (κ3) is 2.56. The van der Waals surface area contributed by atoms with Crippen LogP contribution in [0.15, 0.2) is 30.3 Å². The molecule has 1 aromatic carbocycles. The summed E-state index contributed by atoms with van der Waals surface area (Å²) in [4.78, 5) is 23.1. The van der Waals surface area contributed by atoms with Gasteiger partial charge in [0, 0.05) is 35.3 Å². The summed E-state index contributed by atoms with van der Waals surface area (Å²) in [5.74, 6) is 0.345. The first-order chi connectivity index (χ1) is 10.4. The van der Waals surface area contributed by atoms with Crippen LogP contribution in [-0.2, 0) is 7.05 Å². The number of nitrogens with one attached hydrogen (secondary N) is 1. The summed E-state index contributed by atoms with van der Waals surface area (Å²) in [6.07, 6.45) is 0. The SMILES string of the molecule is Cc1cc(NC(=O)c2cc3cc([N+](=O)[O-])ccc3s2)n(C)n1. The number of carbonyl (C=O) groups is 1. The van der Waals surface area contributed by atoms with Crippen LogP contribution in [0.25, 0.3) is 10.1 Å². The van der Waals surface area contributed by atoms with Crippen LogP contribution in [0.3, 0.4) is 0 Å². The van der Waals surface area contributed by atoms with Gasteiger partial charge in [0.05, 0.1) is 15.5 Å². The van der Waals surface area contributed by atoms with Crippen LogP contribution in [0.4, 0.5) is 11.5 Å². The number of hydrogen-bond donors (Lipinski definition) is 1. The quantitative estimate of drug-likeness (QED) is 0.594. The van der Waals surface area contributed by atoms with E-state index in [1.807, 2.05) is 6.92 Å². The fourth-order valence-electron chi connectivity index (χ4n) is 2.16. The van der Waals surface area contributed by atoms with Gasteiger partial charge in [-0.1, -0.05) is 0 Å². The molecular formula is C14H12N4O3S. The molecule has 0 saturated heterocycles. The molecular weight excluding hydrogens is 304 g/mol. The Morgan fingerprint density at radius 1 is 1.36 bits per heavy atom. The third-order valence-corrected chi connectivity index (χ3v) is 4.29. The second-order valence-corrected chi connectivity index (χ2v) is 5.92. The minimum atomic E-state index is -0.449. The molecule has 0 saturated carbocycles. The van der Waals surface area contributed by atoms with E-state index < -0.39 is 4.92 Å². The first kappa shape index (κ1) is 14.2. The van der Waals surface area contributed by atoms with Gasteiger partial charge in [-0.05, 0) is 19.1 Å². The number of amides is 1. The number of nitrogens with zero attached hydrogens (tertiary/aromatic N) is 3. The van der Waals surface area contributed by atoms with E-state index in [1.165, 1.54) is 23.5 Å². The van der Waals surface area contributed by atoms with Crippen molar-refractivity contribution in [2.24, 2.45) is 7.05 Å². The standard InChI is InChI=1S/C14H12N4O3S/c1-8-5-13(17(2)16-8)15-14(19)12-7-9-6-10(18(20)21)3-4-11(9)22-12/h3-7H,1-2H3,(H,15,19). The highest BCUT2D eigenvalue weighted by Crippen LogP contribution is 2.29. The van der Waals surface area contributed by atoms with Gasteiger partial charge < -0.3 is 5.32 Å². The summed E-state index contributed by atoms with van der Waals surface area (Å²) in [6.45, 7) is 1.84. The third-order valence-electron chi connectivity index (χ3n) is 3.18. The highest BCUT2D eigenvalue weighted by molar-refractivity contribution is 7.20. The van der Waals surface area contributed by atoms with Crippen LogP contribution in [0.2, 0.25) is 0 Å². The van der Waals surface area contributed by atoms with Gasteiger partial charge in [0.2, 0.25) is 0 Å². The van der Waals surface area contributed by atoms with Gasteiger partial charge in [0.25, 0.3) is 11.6 Å². The average molecular weight is 316 g/mol. The molecule has 1 N–H and O–H groups in total. The molecule has 2 heterocycles. The van der Waals surface area contributed by atoms with Gasteiger partial charge in [-0.15, -0.1) is 11.3 Å². The monoisotopic (exact) mass is 316 g/mol. The number of benzene rings is 1. The maximum atomic E-state index is 12.3. The number of hydrogen-bond acceptors (Lipinski definition) is 5. The fraction of sp³-hybridized carbons (Fsp3) is 0.143. The Balaban J connectivity index is 1.91. The van der Waals surface area contributed by atoms with Crippen molar-refractivity contribution in [3.8, 4) is 0 Å². The van der Waals surface area contributed by atoms with E-state index in [2.05, 4.69) is 10.4 Å². The number of fused-ring (bicyclic) bond motifs is 1. The van der Waals surface area contributed by atoms with E-state index >= 15 is 0 Å². The molecule has 0 aliphatic heterocycles. The topological polar surface area (TPSA) is 90.1 Å². The molecule has 3 aromatic rings. The van der Waals surface area contributed by atoms with Crippen LogP contribution in [0, 0.1) is 17.0 Å². The average Bonchev–Trinajstić information content (AvgIpc) is 3.01. The molecule has 0 radical (unpaired) electrons. The van der Waals surface area contributed by atoms with Gasteiger partial charge in [-0.2, -0.15) is 5.10 Å². The lowest BCUT2D eigenvalue weighted by Gasteiger charge is -2.02. The van der Waals surface area contributed by atoms with Crippen LogP contribution in [0.1, 0.15) is 15.4 Å². The fourth-order valence-corrected chi connectivity index (χ4v) is 3.10. The van der Waals surface area contributed by atoms with Crippen molar-refractivity contribution >= 4 is 38.8 Å². The second kappa shape index (κ2) is 5.23. The van der Waals surface area contributed by atoms with Crippen molar-refractivity contribution in [3.63, 3.8) is 0 Å². The van der Waals surface area contributed by atoms with E-state index in [4.69, 9.17) is 0 Å². The Hall–Kier alpha value is -2.74. The molecule has 8 heteroatoms. The smallest absolute Gasteiger partial charge is 0.270 e. The lowest BCUT2D eigenvalue weighted by Crippen LogP contribution is -2.13. The normalized spacial score (nSPS) is 10.8. The van der Waals surface area contributed by atoms with Gasteiger partial charge in [-0.25, -0.2) is 0 Å². The summed E-state index contributed by atoms with van der Waals surface area (Å²) in [5.41, 5.74) is 0.823. The number of non-ortho nitro benzene ring substituents is 1. The van der Waals surface area contributed by atoms with Crippen molar-refractivity contribution in [3.05, 3.63) is 51.0 Å². The largest absolute Gasteiger partial charge is 0.306 e. The molecule has 0 aliphatic rings. The molecule has 7 nitrogen and oxygen atoms in total. The number of rotatable bonds is 3. The Morgan fingerprint density at radius 3 is 2.77 bits per heavy atom. The maximum Gasteiger partial charge on any atom is 0.270 e. The Labute approximate surface area is 129 Å². The number of aryl methyl sites for hydroxylation is 2. The van der Waals surface area contributed by atoms with Crippen LogP contribution < -0.4 is 5.32 Å². The molecule has 0 spiro atoms. The van der Waals surface area contributed by atoms with Gasteiger partial charge >= 0.3 is 0 Å². The molecule has 0 fully saturated rings. The lowest BCUT2D eigenvalue weighted by atomic mass is 10.2. The Morgan fingerprint density at radius 2 is 2.14 bits per heavy atom. The maximum absolute atomic E-state index is 12.3. The van der Waals surface area contributed by atoms with Gasteiger partial charge in [0.15, 0.2) is 0 Å². The second-order valence-electron chi connectivity index (χ2n) is 4.84. The number of nitro benzene ring substituents is 1. The summed E-state index contributed by atoms with van der Waals surface area (Å²) < 4.78 is 2.42. The first-order valence-corrected chi connectivity index (χ1v) is 7.25. The van der Waals surface area contributed by atoms with Crippen molar-refractivity contribution in [1.29, 1.82) is 0 Å². The minimum absolute atomic E-state index is 0.0134. The summed E-state index contributed by atoms with van der Waals surface area (Å²) in [5, 5.41) is 18.4. The number of anilines is 1. The minimum Gasteiger partial charge on any atom is -0.306 e. The molecule has 0 atom stereocenters. The van der Waals surface area contributed by atoms with Gasteiger partial charge in [0.1, 0.15) is 5.82 Å². The summed E-state index contributed by atoms with van der Waals surface area (Å²) in [7, 11) is 1.75. The number of nitro groups is 1. The summed E-state index contributed by atoms with van der Waals surface area (Å²) >= 11 is 1.29. The highest BCUT2D eigenvalue weighted by atomic mass is 32.1. The van der Waals surface area contributed by atoms with Crippen molar-refractivity contribution in [1.82, 2.24) is 9.78 Å². The van der Waals surface area contributed by atoms with Crippen molar-refractivity contribution in [2.75, 3.05) is 5.32 Å². The summed E-state index contributed by atoms with van der Waals surface area (Å²) in [6, 6.07) is 7.99. The predicted molar refractivity (Wildman–Crippen MR) is 84.4 cm³/mol. The number of aromatic nitrogens is 2. The molecule has 2 aromatic heterocycles. The number of thiophene rings is 1. The van der Waals surface area contributed by atoms with E-state index in [0.717, 1.165) is 10.4 Å². The first-order valence-electron chi connectivity index (χ1n) is 6.44. The zero-order valence-electron chi connectivity index (χ0n) is 11.9. The predicted octanol–water partition coefficient (Wildman–Crippen LogP) is 3.10. The zero-order valence-corrected chi connectivity index (χ0v) is 12.7. The zero-order chi connectivity index (χ0) is 15.9. The molecule has 0 unspecified atom stereocenters. The van der Waals surface area contributed by atoms with E-state index in [0.29, 0.717) is 16.1 Å². The van der Waals surface area contributed by atoms with Crippen LogP contribution >= 0.6 is 11.3 Å². The molecule has 112 valence electrons. The Kier molecular flexibility index (Phi) is 3.38. The molecule has 0 bridgehead atoms.